The summed E-state index contributed by atoms with van der Waals surface area (Å²) < 4.78 is 25.8. The van der Waals surface area contributed by atoms with Gasteiger partial charge in [-0.25, -0.2) is 4.39 Å². The summed E-state index contributed by atoms with van der Waals surface area (Å²) in [5.74, 6) is -0.113. The number of nitrogen functional groups attached to an aromatic ring is 1. The predicted octanol–water partition coefficient (Wildman–Crippen LogP) is 2.99. The monoisotopic (exact) mass is 255 g/mol. The molecule has 0 amide bonds. The Kier molecular flexibility index (Phi) is 4.15. The third-order valence-electron chi connectivity index (χ3n) is 3.33. The molecule has 17 heavy (non-hydrogen) atoms. The number of hydrogen-bond donors (Lipinski definition) is 1. The molecule has 94 valence electrons. The van der Waals surface area contributed by atoms with Gasteiger partial charge in [-0.05, 0) is 18.9 Å². The summed E-state index contributed by atoms with van der Waals surface area (Å²) in [6.45, 7) is 0. The standard InChI is InChI=1S/C13H18FNOS/c14-13-10(5-4-8-12(13)15)9-17(16)11-6-2-1-3-7-11/h4-5,8,11H,1-3,6-7,9,15H2. The number of nitrogens with two attached hydrogens (primary N) is 1. The molecule has 1 aliphatic carbocycles. The van der Waals surface area contributed by atoms with E-state index >= 15 is 0 Å². The van der Waals surface area contributed by atoms with Crippen molar-refractivity contribution in [3.63, 3.8) is 0 Å². The van der Waals surface area contributed by atoms with Gasteiger partial charge in [0.2, 0.25) is 0 Å². The molecule has 0 heterocycles. The van der Waals surface area contributed by atoms with Crippen molar-refractivity contribution in [3.8, 4) is 0 Å². The zero-order valence-electron chi connectivity index (χ0n) is 9.82. The number of halogens is 1. The van der Waals surface area contributed by atoms with E-state index in [1.807, 2.05) is 0 Å². The summed E-state index contributed by atoms with van der Waals surface area (Å²) in [5, 5.41) is 0.240. The topological polar surface area (TPSA) is 43.1 Å². The van der Waals surface area contributed by atoms with Gasteiger partial charge >= 0.3 is 0 Å². The fourth-order valence-corrected chi connectivity index (χ4v) is 3.93. The highest BCUT2D eigenvalue weighted by molar-refractivity contribution is 7.84. The summed E-state index contributed by atoms with van der Waals surface area (Å²) in [6, 6.07) is 4.92. The van der Waals surface area contributed by atoms with E-state index in [1.165, 1.54) is 12.5 Å². The minimum Gasteiger partial charge on any atom is -0.396 e. The molecule has 0 saturated heterocycles. The van der Waals surface area contributed by atoms with Crippen LogP contribution in [-0.4, -0.2) is 9.46 Å². The average molecular weight is 255 g/mol. The van der Waals surface area contributed by atoms with Crippen LogP contribution in [0.2, 0.25) is 0 Å². The van der Waals surface area contributed by atoms with Gasteiger partial charge in [0, 0.05) is 21.6 Å². The maximum atomic E-state index is 13.7. The minimum absolute atomic E-state index is 0.142. The van der Waals surface area contributed by atoms with Gasteiger partial charge in [-0.3, -0.25) is 4.21 Å². The Morgan fingerprint density at radius 2 is 2.00 bits per heavy atom. The summed E-state index contributed by atoms with van der Waals surface area (Å²) in [6.07, 6.45) is 5.55. The van der Waals surface area contributed by atoms with Crippen LogP contribution >= 0.6 is 0 Å². The molecule has 0 aliphatic heterocycles. The van der Waals surface area contributed by atoms with E-state index in [-0.39, 0.29) is 10.9 Å². The second-order valence-electron chi connectivity index (χ2n) is 4.61. The normalized spacial score (nSPS) is 19.1. The molecule has 1 unspecified atom stereocenters. The SMILES string of the molecule is Nc1cccc(CS(=O)C2CCCCC2)c1F. The van der Waals surface area contributed by atoms with Gasteiger partial charge in [-0.1, -0.05) is 31.4 Å². The van der Waals surface area contributed by atoms with Crippen LogP contribution < -0.4 is 5.73 Å². The zero-order valence-corrected chi connectivity index (χ0v) is 10.6. The van der Waals surface area contributed by atoms with Gasteiger partial charge in [-0.2, -0.15) is 0 Å². The molecule has 1 aliphatic rings. The van der Waals surface area contributed by atoms with Crippen LogP contribution in [-0.2, 0) is 16.6 Å². The van der Waals surface area contributed by atoms with Crippen LogP contribution in [0.1, 0.15) is 37.7 Å². The first kappa shape index (κ1) is 12.6. The molecule has 1 aromatic carbocycles. The highest BCUT2D eigenvalue weighted by Gasteiger charge is 2.21. The Balaban J connectivity index is 2.04. The van der Waals surface area contributed by atoms with Crippen LogP contribution in [0.5, 0.6) is 0 Å². The molecule has 2 N–H and O–H groups in total. The Labute approximate surface area is 104 Å². The third-order valence-corrected chi connectivity index (χ3v) is 5.14. The van der Waals surface area contributed by atoms with Crippen molar-refractivity contribution in [2.45, 2.75) is 43.1 Å². The van der Waals surface area contributed by atoms with Crippen LogP contribution in [0.4, 0.5) is 10.1 Å². The lowest BCUT2D eigenvalue weighted by atomic mass is 10.0. The molecule has 2 nitrogen and oxygen atoms in total. The first-order valence-electron chi connectivity index (χ1n) is 6.08. The molecule has 1 fully saturated rings. The molecule has 0 aromatic heterocycles. The van der Waals surface area contributed by atoms with Gasteiger partial charge < -0.3 is 5.73 Å². The van der Waals surface area contributed by atoms with Gasteiger partial charge in [0.05, 0.1) is 11.4 Å². The van der Waals surface area contributed by atoms with Crippen molar-refractivity contribution in [2.24, 2.45) is 0 Å². The number of benzene rings is 1. The number of rotatable bonds is 3. The highest BCUT2D eigenvalue weighted by Crippen LogP contribution is 2.25. The van der Waals surface area contributed by atoms with Gasteiger partial charge in [-0.15, -0.1) is 0 Å². The zero-order chi connectivity index (χ0) is 12.3. The van der Waals surface area contributed by atoms with Crippen molar-refractivity contribution in [3.05, 3.63) is 29.6 Å². The third kappa shape index (κ3) is 3.06. The Bertz CT molecular complexity index is 416. The Morgan fingerprint density at radius 1 is 1.29 bits per heavy atom. The quantitative estimate of drug-likeness (QED) is 0.844. The van der Waals surface area contributed by atoms with Crippen molar-refractivity contribution in [1.82, 2.24) is 0 Å². The molecule has 1 aromatic rings. The molecular weight excluding hydrogens is 237 g/mol. The first-order chi connectivity index (χ1) is 8.18. The summed E-state index contributed by atoms with van der Waals surface area (Å²) in [4.78, 5) is 0. The predicted molar refractivity (Wildman–Crippen MR) is 69.5 cm³/mol. The summed E-state index contributed by atoms with van der Waals surface area (Å²) >= 11 is 0. The summed E-state index contributed by atoms with van der Waals surface area (Å²) in [5.41, 5.74) is 6.12. The maximum absolute atomic E-state index is 13.7. The fourth-order valence-electron chi connectivity index (χ4n) is 2.31. The Hall–Kier alpha value is -0.900. The van der Waals surface area contributed by atoms with Crippen LogP contribution in [0.15, 0.2) is 18.2 Å². The molecule has 2 rings (SSSR count). The first-order valence-corrected chi connectivity index (χ1v) is 7.46. The lowest BCUT2D eigenvalue weighted by Gasteiger charge is -2.21. The molecule has 0 bridgehead atoms. The number of hydrogen-bond acceptors (Lipinski definition) is 2. The highest BCUT2D eigenvalue weighted by atomic mass is 32.2. The van der Waals surface area contributed by atoms with E-state index < -0.39 is 16.6 Å². The lowest BCUT2D eigenvalue weighted by Crippen LogP contribution is -2.20. The van der Waals surface area contributed by atoms with E-state index in [9.17, 15) is 8.60 Å². The maximum Gasteiger partial charge on any atom is 0.150 e. The molecule has 0 spiro atoms. The molecular formula is C13H18FNOS. The van der Waals surface area contributed by atoms with Gasteiger partial charge in [0.1, 0.15) is 5.82 Å². The van der Waals surface area contributed by atoms with Crippen molar-refractivity contribution in [2.75, 3.05) is 5.73 Å². The number of anilines is 1. The van der Waals surface area contributed by atoms with Crippen molar-refractivity contribution >= 4 is 16.5 Å². The van der Waals surface area contributed by atoms with Crippen molar-refractivity contribution < 1.29 is 8.60 Å². The van der Waals surface area contributed by atoms with Crippen LogP contribution in [0.25, 0.3) is 0 Å². The Morgan fingerprint density at radius 3 is 2.71 bits per heavy atom. The van der Waals surface area contributed by atoms with E-state index in [0.29, 0.717) is 11.3 Å². The van der Waals surface area contributed by atoms with E-state index in [0.717, 1.165) is 25.7 Å². The van der Waals surface area contributed by atoms with Gasteiger partial charge in [0.25, 0.3) is 0 Å². The van der Waals surface area contributed by atoms with Gasteiger partial charge in [0.15, 0.2) is 0 Å². The van der Waals surface area contributed by atoms with Crippen LogP contribution in [0.3, 0.4) is 0 Å². The molecule has 4 heteroatoms. The molecule has 1 atom stereocenters. The van der Waals surface area contributed by atoms with Crippen LogP contribution in [0, 0.1) is 5.82 Å². The largest absolute Gasteiger partial charge is 0.396 e. The molecule has 1 saturated carbocycles. The van der Waals surface area contributed by atoms with E-state index in [2.05, 4.69) is 0 Å². The summed E-state index contributed by atoms with van der Waals surface area (Å²) in [7, 11) is -0.972. The average Bonchev–Trinajstić information content (AvgIpc) is 2.36. The van der Waals surface area contributed by atoms with E-state index in [4.69, 9.17) is 5.73 Å². The molecule has 0 radical (unpaired) electrons. The minimum atomic E-state index is -0.972. The second-order valence-corrected chi connectivity index (χ2v) is 6.32. The lowest BCUT2D eigenvalue weighted by molar-refractivity contribution is 0.504. The second kappa shape index (κ2) is 5.63. The van der Waals surface area contributed by atoms with E-state index in [1.54, 1.807) is 12.1 Å². The smallest absolute Gasteiger partial charge is 0.150 e. The van der Waals surface area contributed by atoms with Crippen molar-refractivity contribution in [1.29, 1.82) is 0 Å². The fraction of sp³-hybridized carbons (Fsp3) is 0.538.